The van der Waals surface area contributed by atoms with Crippen molar-refractivity contribution in [3.63, 3.8) is 0 Å². The number of nitrogens with one attached hydrogen (secondary N) is 1. The number of nitrogens with zero attached hydrogens (tertiary/aromatic N) is 1. The smallest absolute Gasteiger partial charge is 0.357 e. The van der Waals surface area contributed by atoms with Crippen molar-refractivity contribution in [3.8, 4) is 11.5 Å². The molecule has 0 aliphatic heterocycles. The molecule has 136 valence electrons. The Kier molecular flexibility index (Phi) is 5.79. The number of pyridine rings is 1. The maximum absolute atomic E-state index is 12.2. The number of ether oxygens (including phenoxy) is 2. The lowest BCUT2D eigenvalue weighted by atomic mass is 10.2. The van der Waals surface area contributed by atoms with Gasteiger partial charge in [0.05, 0.1) is 0 Å². The molecule has 0 radical (unpaired) electrons. The lowest BCUT2D eigenvalue weighted by Gasteiger charge is -2.13. The van der Waals surface area contributed by atoms with Gasteiger partial charge in [0.15, 0.2) is 6.10 Å². The van der Waals surface area contributed by atoms with Crippen LogP contribution in [0.5, 0.6) is 11.5 Å². The van der Waals surface area contributed by atoms with Gasteiger partial charge in [-0.3, -0.25) is 4.79 Å². The van der Waals surface area contributed by atoms with Crippen molar-refractivity contribution in [1.29, 1.82) is 0 Å². The van der Waals surface area contributed by atoms with Crippen LogP contribution in [-0.4, -0.2) is 23.0 Å². The molecule has 0 saturated carbocycles. The van der Waals surface area contributed by atoms with Crippen LogP contribution in [0.15, 0.2) is 79.0 Å². The summed E-state index contributed by atoms with van der Waals surface area (Å²) in [5.74, 6) is 0.291. The number of aromatic nitrogens is 1. The number of anilines is 1. The molecule has 6 nitrogen and oxygen atoms in total. The highest BCUT2D eigenvalue weighted by molar-refractivity contribution is 5.96. The van der Waals surface area contributed by atoms with E-state index in [4.69, 9.17) is 9.47 Å². The normalized spacial score (nSPS) is 11.3. The first kappa shape index (κ1) is 18.1. The van der Waals surface area contributed by atoms with Gasteiger partial charge in [-0.25, -0.2) is 9.78 Å². The molecule has 0 aliphatic rings. The first-order valence-electron chi connectivity index (χ1n) is 8.37. The summed E-state index contributed by atoms with van der Waals surface area (Å²) in [6.45, 7) is 1.50. The van der Waals surface area contributed by atoms with E-state index in [1.807, 2.05) is 30.3 Å². The van der Waals surface area contributed by atoms with E-state index in [2.05, 4.69) is 10.3 Å². The Morgan fingerprint density at radius 2 is 1.56 bits per heavy atom. The van der Waals surface area contributed by atoms with Crippen molar-refractivity contribution >= 4 is 17.6 Å². The molecule has 1 N–H and O–H groups in total. The molecule has 0 bridgehead atoms. The fourth-order valence-corrected chi connectivity index (χ4v) is 2.23. The predicted octanol–water partition coefficient (Wildman–Crippen LogP) is 4.06. The number of para-hydroxylation sites is 1. The van der Waals surface area contributed by atoms with Gasteiger partial charge in [-0.15, -0.1) is 0 Å². The van der Waals surface area contributed by atoms with E-state index in [1.165, 1.54) is 19.2 Å². The predicted molar refractivity (Wildman–Crippen MR) is 101 cm³/mol. The fourth-order valence-electron chi connectivity index (χ4n) is 2.23. The Morgan fingerprint density at radius 1 is 0.889 bits per heavy atom. The van der Waals surface area contributed by atoms with Crippen LogP contribution in [-0.2, 0) is 9.53 Å². The molecule has 0 saturated heterocycles. The molecule has 0 unspecified atom stereocenters. The maximum atomic E-state index is 12.2. The quantitative estimate of drug-likeness (QED) is 0.669. The molecule has 3 rings (SSSR count). The minimum atomic E-state index is -0.959. The number of carbonyl (C=O) groups is 2. The molecule has 0 spiro atoms. The number of hydrogen-bond donors (Lipinski definition) is 1. The number of esters is 1. The standard InChI is InChI=1S/C21H18N2O4/c1-15(26-21(25)19-9-5-6-14-22-19)20(24)23-16-10-12-18(13-11-16)27-17-7-3-2-4-8-17/h2-15H,1H3,(H,23,24)/t15-/m0/s1. The fraction of sp³-hybridized carbons (Fsp3) is 0.0952. The second kappa shape index (κ2) is 8.62. The third kappa shape index (κ3) is 5.15. The Hall–Kier alpha value is -3.67. The molecule has 1 aromatic heterocycles. The van der Waals surface area contributed by atoms with Crippen LogP contribution in [0.3, 0.4) is 0 Å². The summed E-state index contributed by atoms with van der Waals surface area (Å²) in [7, 11) is 0. The molecule has 1 amide bonds. The average Bonchev–Trinajstić information content (AvgIpc) is 2.71. The van der Waals surface area contributed by atoms with Crippen LogP contribution in [0.1, 0.15) is 17.4 Å². The summed E-state index contributed by atoms with van der Waals surface area (Å²) in [5.41, 5.74) is 0.723. The summed E-state index contributed by atoms with van der Waals surface area (Å²) in [6.07, 6.45) is 0.528. The van der Waals surface area contributed by atoms with Gasteiger partial charge in [0.25, 0.3) is 5.91 Å². The molecule has 1 heterocycles. The van der Waals surface area contributed by atoms with Gasteiger partial charge in [0, 0.05) is 11.9 Å². The lowest BCUT2D eigenvalue weighted by molar-refractivity contribution is -0.123. The van der Waals surface area contributed by atoms with Gasteiger partial charge in [-0.05, 0) is 55.5 Å². The van der Waals surface area contributed by atoms with Crippen LogP contribution in [0, 0.1) is 0 Å². The van der Waals surface area contributed by atoms with Crippen LogP contribution in [0.25, 0.3) is 0 Å². The van der Waals surface area contributed by atoms with E-state index >= 15 is 0 Å². The Bertz CT molecular complexity index is 896. The highest BCUT2D eigenvalue weighted by atomic mass is 16.5. The minimum absolute atomic E-state index is 0.152. The van der Waals surface area contributed by atoms with E-state index in [0.29, 0.717) is 11.4 Å². The number of benzene rings is 2. The van der Waals surface area contributed by atoms with E-state index < -0.39 is 18.0 Å². The zero-order chi connectivity index (χ0) is 19.1. The van der Waals surface area contributed by atoms with E-state index in [-0.39, 0.29) is 5.69 Å². The summed E-state index contributed by atoms with van der Waals surface area (Å²) in [6, 6.07) is 21.2. The molecule has 0 fully saturated rings. The van der Waals surface area contributed by atoms with E-state index in [0.717, 1.165) is 5.75 Å². The largest absolute Gasteiger partial charge is 0.457 e. The van der Waals surface area contributed by atoms with Crippen molar-refractivity contribution in [1.82, 2.24) is 4.98 Å². The molecule has 27 heavy (non-hydrogen) atoms. The first-order valence-corrected chi connectivity index (χ1v) is 8.37. The van der Waals surface area contributed by atoms with Crippen LogP contribution < -0.4 is 10.1 Å². The van der Waals surface area contributed by atoms with Crippen LogP contribution in [0.4, 0.5) is 5.69 Å². The SMILES string of the molecule is C[C@H](OC(=O)c1ccccn1)C(=O)Nc1ccc(Oc2ccccc2)cc1. The summed E-state index contributed by atoms with van der Waals surface area (Å²) in [5, 5.41) is 2.70. The highest BCUT2D eigenvalue weighted by Crippen LogP contribution is 2.22. The van der Waals surface area contributed by atoms with Gasteiger partial charge in [0.2, 0.25) is 0 Å². The minimum Gasteiger partial charge on any atom is -0.457 e. The average molecular weight is 362 g/mol. The Labute approximate surface area is 156 Å². The zero-order valence-corrected chi connectivity index (χ0v) is 14.7. The Balaban J connectivity index is 1.55. The topological polar surface area (TPSA) is 77.5 Å². The molecule has 1 atom stereocenters. The number of carbonyl (C=O) groups excluding carboxylic acids is 2. The number of rotatable bonds is 6. The van der Waals surface area contributed by atoms with Gasteiger partial charge in [-0.1, -0.05) is 24.3 Å². The van der Waals surface area contributed by atoms with Crippen molar-refractivity contribution in [2.45, 2.75) is 13.0 Å². The summed E-state index contributed by atoms with van der Waals surface area (Å²) in [4.78, 5) is 28.1. The van der Waals surface area contributed by atoms with E-state index in [9.17, 15) is 9.59 Å². The maximum Gasteiger partial charge on any atom is 0.357 e. The highest BCUT2D eigenvalue weighted by Gasteiger charge is 2.19. The zero-order valence-electron chi connectivity index (χ0n) is 14.7. The number of hydrogen-bond acceptors (Lipinski definition) is 5. The van der Waals surface area contributed by atoms with Gasteiger partial charge >= 0.3 is 5.97 Å². The molecule has 3 aromatic rings. The van der Waals surface area contributed by atoms with Crippen molar-refractivity contribution in [3.05, 3.63) is 84.7 Å². The monoisotopic (exact) mass is 362 g/mol. The van der Waals surface area contributed by atoms with E-state index in [1.54, 1.807) is 36.4 Å². The first-order chi connectivity index (χ1) is 13.1. The van der Waals surface area contributed by atoms with Crippen molar-refractivity contribution in [2.24, 2.45) is 0 Å². The lowest BCUT2D eigenvalue weighted by Crippen LogP contribution is -2.30. The van der Waals surface area contributed by atoms with Gasteiger partial charge in [0.1, 0.15) is 17.2 Å². The van der Waals surface area contributed by atoms with Crippen LogP contribution in [0.2, 0.25) is 0 Å². The third-order valence-corrected chi connectivity index (χ3v) is 3.63. The molecule has 0 aliphatic carbocycles. The van der Waals surface area contributed by atoms with Crippen molar-refractivity contribution < 1.29 is 19.1 Å². The summed E-state index contributed by atoms with van der Waals surface area (Å²) >= 11 is 0. The van der Waals surface area contributed by atoms with Gasteiger partial charge < -0.3 is 14.8 Å². The van der Waals surface area contributed by atoms with Gasteiger partial charge in [-0.2, -0.15) is 0 Å². The third-order valence-electron chi connectivity index (χ3n) is 3.63. The number of amides is 1. The molecule has 2 aromatic carbocycles. The second-order valence-corrected chi connectivity index (χ2v) is 5.69. The molecular formula is C21H18N2O4. The Morgan fingerprint density at radius 3 is 2.22 bits per heavy atom. The second-order valence-electron chi connectivity index (χ2n) is 5.69. The molecule has 6 heteroatoms. The van der Waals surface area contributed by atoms with Crippen LogP contribution >= 0.6 is 0 Å². The van der Waals surface area contributed by atoms with Crippen molar-refractivity contribution in [2.75, 3.05) is 5.32 Å². The molecular weight excluding hydrogens is 344 g/mol. The summed E-state index contributed by atoms with van der Waals surface area (Å²) < 4.78 is 10.8.